The van der Waals surface area contributed by atoms with Crippen molar-refractivity contribution in [3.05, 3.63) is 5.28 Å². The zero-order valence-corrected chi connectivity index (χ0v) is 12.7. The lowest BCUT2D eigenvalue weighted by Gasteiger charge is -2.14. The minimum absolute atomic E-state index is 0.155. The molecule has 5 nitrogen and oxygen atoms in total. The fourth-order valence-corrected chi connectivity index (χ4v) is 1.88. The maximum Gasteiger partial charge on any atom is 0.322 e. The van der Waals surface area contributed by atoms with Gasteiger partial charge in [0.15, 0.2) is 0 Å². The van der Waals surface area contributed by atoms with Crippen LogP contribution in [0, 0.1) is 5.92 Å². The summed E-state index contributed by atoms with van der Waals surface area (Å²) in [6.07, 6.45) is 4.70. The van der Waals surface area contributed by atoms with Crippen LogP contribution in [0.15, 0.2) is 0 Å². The van der Waals surface area contributed by atoms with E-state index in [4.69, 9.17) is 16.3 Å². The first kappa shape index (κ1) is 16.0. The Morgan fingerprint density at radius 3 is 2.63 bits per heavy atom. The van der Waals surface area contributed by atoms with Crippen molar-refractivity contribution >= 4 is 17.5 Å². The molecule has 19 heavy (non-hydrogen) atoms. The number of nitrogens with one attached hydrogen (secondary N) is 1. The molecule has 0 bridgehead atoms. The molecule has 0 radical (unpaired) electrons. The zero-order valence-electron chi connectivity index (χ0n) is 11.9. The Labute approximate surface area is 120 Å². The minimum Gasteiger partial charge on any atom is -0.463 e. The van der Waals surface area contributed by atoms with Crippen LogP contribution < -0.4 is 10.1 Å². The molecule has 0 aliphatic rings. The van der Waals surface area contributed by atoms with Crippen LogP contribution >= 0.6 is 11.6 Å². The number of rotatable bonds is 9. The van der Waals surface area contributed by atoms with Gasteiger partial charge in [0.05, 0.1) is 6.61 Å². The van der Waals surface area contributed by atoms with Crippen molar-refractivity contribution in [2.24, 2.45) is 5.92 Å². The molecular formula is C13H23ClN4O. The molecule has 1 rings (SSSR count). The van der Waals surface area contributed by atoms with Crippen LogP contribution in [0.2, 0.25) is 5.28 Å². The van der Waals surface area contributed by atoms with Crippen molar-refractivity contribution in [3.63, 3.8) is 0 Å². The van der Waals surface area contributed by atoms with E-state index in [0.717, 1.165) is 13.0 Å². The van der Waals surface area contributed by atoms with Gasteiger partial charge < -0.3 is 10.1 Å². The number of halogens is 1. The summed E-state index contributed by atoms with van der Waals surface area (Å²) in [5.74, 6) is 0.997. The van der Waals surface area contributed by atoms with Gasteiger partial charge in [0.25, 0.3) is 0 Å². The lowest BCUT2D eigenvalue weighted by atomic mass is 10.0. The number of hydrogen-bond acceptors (Lipinski definition) is 5. The first-order valence-electron chi connectivity index (χ1n) is 6.97. The van der Waals surface area contributed by atoms with Gasteiger partial charge in [-0.1, -0.05) is 33.1 Å². The molecule has 0 aliphatic heterocycles. The molecule has 1 heterocycles. The third kappa shape index (κ3) is 6.05. The van der Waals surface area contributed by atoms with E-state index >= 15 is 0 Å². The molecule has 0 aromatic carbocycles. The smallest absolute Gasteiger partial charge is 0.322 e. The monoisotopic (exact) mass is 286 g/mol. The second kappa shape index (κ2) is 8.91. The first-order chi connectivity index (χ1) is 9.19. The van der Waals surface area contributed by atoms with Gasteiger partial charge in [-0.15, -0.1) is 0 Å². The minimum atomic E-state index is 0.155. The third-order valence-corrected chi connectivity index (χ3v) is 3.08. The molecule has 0 aliphatic carbocycles. The number of aromatic nitrogens is 3. The van der Waals surface area contributed by atoms with E-state index in [1.807, 2.05) is 6.92 Å². The van der Waals surface area contributed by atoms with Gasteiger partial charge in [0.1, 0.15) is 0 Å². The van der Waals surface area contributed by atoms with Crippen molar-refractivity contribution in [2.45, 2.75) is 46.5 Å². The van der Waals surface area contributed by atoms with Crippen molar-refractivity contribution in [2.75, 3.05) is 18.5 Å². The van der Waals surface area contributed by atoms with Crippen LogP contribution in [0.5, 0.6) is 6.01 Å². The third-order valence-electron chi connectivity index (χ3n) is 2.91. The van der Waals surface area contributed by atoms with Gasteiger partial charge in [0, 0.05) is 6.54 Å². The van der Waals surface area contributed by atoms with Crippen LogP contribution in [0.3, 0.4) is 0 Å². The topological polar surface area (TPSA) is 59.9 Å². The van der Waals surface area contributed by atoms with E-state index in [1.165, 1.54) is 19.3 Å². The second-order valence-corrected chi connectivity index (χ2v) is 4.81. The number of ether oxygens (including phenoxy) is 1. The molecule has 6 heteroatoms. The van der Waals surface area contributed by atoms with Gasteiger partial charge in [0.2, 0.25) is 11.2 Å². The lowest BCUT2D eigenvalue weighted by Crippen LogP contribution is -2.14. The molecule has 1 N–H and O–H groups in total. The van der Waals surface area contributed by atoms with E-state index in [2.05, 4.69) is 34.1 Å². The molecular weight excluding hydrogens is 264 g/mol. The normalized spacial score (nSPS) is 12.2. The highest BCUT2D eigenvalue weighted by Crippen LogP contribution is 2.16. The quantitative estimate of drug-likeness (QED) is 0.752. The van der Waals surface area contributed by atoms with Gasteiger partial charge in [-0.05, 0) is 30.9 Å². The average Bonchev–Trinajstić information content (AvgIpc) is 2.39. The second-order valence-electron chi connectivity index (χ2n) is 4.47. The summed E-state index contributed by atoms with van der Waals surface area (Å²) in [5.41, 5.74) is 0. The van der Waals surface area contributed by atoms with Gasteiger partial charge >= 0.3 is 6.01 Å². The maximum atomic E-state index is 5.84. The molecule has 1 aromatic rings. The van der Waals surface area contributed by atoms with Crippen molar-refractivity contribution in [1.82, 2.24) is 15.0 Å². The van der Waals surface area contributed by atoms with Crippen LogP contribution in [0.25, 0.3) is 0 Å². The maximum absolute atomic E-state index is 5.84. The van der Waals surface area contributed by atoms with Crippen LogP contribution in [-0.2, 0) is 0 Å². The Balaban J connectivity index is 2.55. The summed E-state index contributed by atoms with van der Waals surface area (Å²) >= 11 is 5.84. The van der Waals surface area contributed by atoms with Gasteiger partial charge in [-0.2, -0.15) is 15.0 Å². The molecule has 0 saturated carbocycles. The van der Waals surface area contributed by atoms with E-state index in [1.54, 1.807) is 0 Å². The summed E-state index contributed by atoms with van der Waals surface area (Å²) in [5, 5.41) is 3.15. The predicted octanol–water partition coefficient (Wildman–Crippen LogP) is 3.55. The van der Waals surface area contributed by atoms with Crippen molar-refractivity contribution in [3.8, 4) is 6.01 Å². The molecule has 1 atom stereocenters. The number of nitrogens with zero attached hydrogens (tertiary/aromatic N) is 3. The standard InChI is InChI=1S/C13H23ClN4O/c1-4-7-8-10(5-2)9-19-13-17-11(14)16-12(18-13)15-6-3/h10H,4-9H2,1-3H3,(H,15,16,17,18). The molecule has 0 fully saturated rings. The lowest BCUT2D eigenvalue weighted by molar-refractivity contribution is 0.217. The molecule has 1 aromatic heterocycles. The van der Waals surface area contributed by atoms with Crippen LogP contribution in [-0.4, -0.2) is 28.1 Å². The first-order valence-corrected chi connectivity index (χ1v) is 7.35. The molecule has 108 valence electrons. The highest BCUT2D eigenvalue weighted by molar-refractivity contribution is 6.28. The van der Waals surface area contributed by atoms with E-state index < -0.39 is 0 Å². The van der Waals surface area contributed by atoms with Gasteiger partial charge in [-0.3, -0.25) is 0 Å². The number of anilines is 1. The fourth-order valence-electron chi connectivity index (χ4n) is 1.72. The summed E-state index contributed by atoms with van der Waals surface area (Å²) in [7, 11) is 0. The Hall–Kier alpha value is -1.10. The summed E-state index contributed by atoms with van der Waals surface area (Å²) in [4.78, 5) is 12.1. The van der Waals surface area contributed by atoms with Crippen LogP contribution in [0.4, 0.5) is 5.95 Å². The summed E-state index contributed by atoms with van der Waals surface area (Å²) in [6, 6.07) is 0.297. The highest BCUT2D eigenvalue weighted by Gasteiger charge is 2.10. The zero-order chi connectivity index (χ0) is 14.1. The Bertz CT molecular complexity index is 376. The van der Waals surface area contributed by atoms with Crippen LogP contribution in [0.1, 0.15) is 46.5 Å². The van der Waals surface area contributed by atoms with Gasteiger partial charge in [-0.25, -0.2) is 0 Å². The molecule has 0 spiro atoms. The summed E-state index contributed by atoms with van der Waals surface area (Å²) < 4.78 is 5.64. The highest BCUT2D eigenvalue weighted by atomic mass is 35.5. The molecule has 1 unspecified atom stereocenters. The van der Waals surface area contributed by atoms with Crippen molar-refractivity contribution in [1.29, 1.82) is 0 Å². The average molecular weight is 287 g/mol. The fraction of sp³-hybridized carbons (Fsp3) is 0.769. The Kier molecular flexibility index (Phi) is 7.48. The molecule has 0 amide bonds. The number of hydrogen-bond donors (Lipinski definition) is 1. The van der Waals surface area contributed by atoms with E-state index in [-0.39, 0.29) is 5.28 Å². The Morgan fingerprint density at radius 1 is 1.21 bits per heavy atom. The Morgan fingerprint density at radius 2 is 2.00 bits per heavy atom. The van der Waals surface area contributed by atoms with Crippen molar-refractivity contribution < 1.29 is 4.74 Å². The SMILES string of the molecule is CCCCC(CC)COc1nc(Cl)nc(NCC)n1. The summed E-state index contributed by atoms with van der Waals surface area (Å²) in [6.45, 7) is 7.70. The number of unbranched alkanes of at least 4 members (excludes halogenated alkanes) is 1. The van der Waals surface area contributed by atoms with E-state index in [9.17, 15) is 0 Å². The predicted molar refractivity (Wildman–Crippen MR) is 77.8 cm³/mol. The van der Waals surface area contributed by atoms with E-state index in [0.29, 0.717) is 24.5 Å². The largest absolute Gasteiger partial charge is 0.463 e. The molecule has 0 saturated heterocycles.